The molecule has 1 saturated heterocycles. The molecule has 0 atom stereocenters. The van der Waals surface area contributed by atoms with E-state index >= 15 is 0 Å². The molecule has 1 heterocycles. The Kier molecular flexibility index (Phi) is 3.23. The topological polar surface area (TPSA) is 46.6 Å². The maximum Gasteiger partial charge on any atom is 0.307 e. The van der Waals surface area contributed by atoms with Gasteiger partial charge in [0.25, 0.3) is 5.91 Å². The second-order valence-corrected chi connectivity index (χ2v) is 3.79. The van der Waals surface area contributed by atoms with E-state index in [0.29, 0.717) is 18.5 Å². The van der Waals surface area contributed by atoms with Crippen molar-refractivity contribution in [2.75, 3.05) is 11.4 Å². The number of hydrogen-bond donors (Lipinski definition) is 0. The third kappa shape index (κ3) is 2.53. The molecule has 1 aliphatic heterocycles. The lowest BCUT2D eigenvalue weighted by Gasteiger charge is -2.14. The van der Waals surface area contributed by atoms with Gasteiger partial charge in [0, 0.05) is 19.2 Å². The number of rotatable bonds is 2. The van der Waals surface area contributed by atoms with Gasteiger partial charge in [-0.05, 0) is 18.6 Å². The number of anilines is 1. The Morgan fingerprint density at radius 2 is 2.06 bits per heavy atom. The number of hydrogen-bond acceptors (Lipinski definition) is 3. The fraction of sp³-hybridized carbons (Fsp3) is 0.231. The van der Waals surface area contributed by atoms with Gasteiger partial charge >= 0.3 is 5.97 Å². The maximum absolute atomic E-state index is 12.0. The lowest BCUT2D eigenvalue weighted by Crippen LogP contribution is -2.24. The SMILES string of the molecule is CC(=O)OC=C1CCN(c2ccccc2)C1=O. The molecule has 0 unspecified atom stereocenters. The number of nitrogens with zero attached hydrogens (tertiary/aromatic N) is 1. The van der Waals surface area contributed by atoms with Gasteiger partial charge in [-0.2, -0.15) is 0 Å². The standard InChI is InChI=1S/C13H13NO3/c1-10(15)17-9-11-7-8-14(13(11)16)12-5-3-2-4-6-12/h2-6,9H,7-8H2,1H3. The third-order valence-corrected chi connectivity index (χ3v) is 2.56. The lowest BCUT2D eigenvalue weighted by atomic mass is 10.2. The molecular weight excluding hydrogens is 218 g/mol. The van der Waals surface area contributed by atoms with Gasteiger partial charge in [0.05, 0.1) is 5.57 Å². The van der Waals surface area contributed by atoms with Crippen LogP contribution < -0.4 is 4.90 Å². The second kappa shape index (κ2) is 4.82. The van der Waals surface area contributed by atoms with E-state index in [2.05, 4.69) is 0 Å². The molecule has 4 heteroatoms. The summed E-state index contributed by atoms with van der Waals surface area (Å²) in [6, 6.07) is 9.44. The van der Waals surface area contributed by atoms with E-state index in [1.54, 1.807) is 4.90 Å². The molecule has 1 aromatic rings. The van der Waals surface area contributed by atoms with E-state index in [-0.39, 0.29) is 5.91 Å². The van der Waals surface area contributed by atoms with E-state index in [9.17, 15) is 9.59 Å². The van der Waals surface area contributed by atoms with Crippen LogP contribution in [-0.2, 0) is 14.3 Å². The maximum atomic E-state index is 12.0. The Morgan fingerprint density at radius 3 is 2.71 bits per heavy atom. The Balaban J connectivity index is 2.13. The summed E-state index contributed by atoms with van der Waals surface area (Å²) in [5.74, 6) is -0.513. The number of amides is 1. The minimum Gasteiger partial charge on any atom is -0.434 e. The van der Waals surface area contributed by atoms with Crippen molar-refractivity contribution in [3.8, 4) is 0 Å². The molecule has 1 amide bonds. The summed E-state index contributed by atoms with van der Waals surface area (Å²) >= 11 is 0. The third-order valence-electron chi connectivity index (χ3n) is 2.56. The van der Waals surface area contributed by atoms with Gasteiger partial charge in [-0.3, -0.25) is 9.59 Å². The fourth-order valence-electron chi connectivity index (χ4n) is 1.73. The highest BCUT2D eigenvalue weighted by Crippen LogP contribution is 2.24. The van der Waals surface area contributed by atoms with Crippen LogP contribution in [0.15, 0.2) is 42.2 Å². The van der Waals surface area contributed by atoms with Gasteiger partial charge < -0.3 is 9.64 Å². The first-order valence-electron chi connectivity index (χ1n) is 5.41. The molecule has 1 fully saturated rings. The largest absolute Gasteiger partial charge is 0.434 e. The van der Waals surface area contributed by atoms with Gasteiger partial charge in [-0.15, -0.1) is 0 Å². The molecule has 2 rings (SSSR count). The van der Waals surface area contributed by atoms with E-state index in [1.165, 1.54) is 13.2 Å². The fourth-order valence-corrected chi connectivity index (χ4v) is 1.73. The van der Waals surface area contributed by atoms with Crippen LogP contribution in [0.1, 0.15) is 13.3 Å². The molecule has 1 aliphatic rings. The molecule has 0 aliphatic carbocycles. The van der Waals surface area contributed by atoms with Crippen LogP contribution >= 0.6 is 0 Å². The van der Waals surface area contributed by atoms with Crippen molar-refractivity contribution in [2.45, 2.75) is 13.3 Å². The zero-order valence-corrected chi connectivity index (χ0v) is 9.55. The molecule has 17 heavy (non-hydrogen) atoms. The quantitative estimate of drug-likeness (QED) is 0.443. The predicted molar refractivity (Wildman–Crippen MR) is 63.3 cm³/mol. The van der Waals surface area contributed by atoms with Crippen LogP contribution in [0.5, 0.6) is 0 Å². The molecule has 0 bridgehead atoms. The van der Waals surface area contributed by atoms with Crippen molar-refractivity contribution in [3.05, 3.63) is 42.2 Å². The summed E-state index contributed by atoms with van der Waals surface area (Å²) in [6.07, 6.45) is 1.86. The molecule has 0 aromatic heterocycles. The molecule has 4 nitrogen and oxygen atoms in total. The van der Waals surface area contributed by atoms with Gasteiger partial charge in [-0.1, -0.05) is 18.2 Å². The minimum atomic E-state index is -0.413. The summed E-state index contributed by atoms with van der Waals surface area (Å²) in [5.41, 5.74) is 1.40. The van der Waals surface area contributed by atoms with Gasteiger partial charge in [0.1, 0.15) is 6.26 Å². The van der Waals surface area contributed by atoms with Crippen LogP contribution in [0.4, 0.5) is 5.69 Å². The van der Waals surface area contributed by atoms with Gasteiger partial charge in [0.2, 0.25) is 0 Å². The Bertz CT molecular complexity index is 465. The highest BCUT2D eigenvalue weighted by molar-refractivity contribution is 6.08. The summed E-state index contributed by atoms with van der Waals surface area (Å²) in [4.78, 5) is 24.3. The number of carbonyl (C=O) groups is 2. The van der Waals surface area contributed by atoms with Crippen molar-refractivity contribution in [2.24, 2.45) is 0 Å². The van der Waals surface area contributed by atoms with Crippen LogP contribution in [0.25, 0.3) is 0 Å². The van der Waals surface area contributed by atoms with E-state index < -0.39 is 5.97 Å². The monoisotopic (exact) mass is 231 g/mol. The molecule has 0 radical (unpaired) electrons. The summed E-state index contributed by atoms with van der Waals surface area (Å²) in [5, 5.41) is 0. The molecular formula is C13H13NO3. The van der Waals surface area contributed by atoms with E-state index in [1.807, 2.05) is 30.3 Å². The normalized spacial score (nSPS) is 17.6. The number of ether oxygens (including phenoxy) is 1. The van der Waals surface area contributed by atoms with Crippen LogP contribution in [-0.4, -0.2) is 18.4 Å². The molecule has 0 saturated carbocycles. The van der Waals surface area contributed by atoms with Gasteiger partial charge in [0.15, 0.2) is 0 Å². The predicted octanol–water partition coefficient (Wildman–Crippen LogP) is 1.87. The zero-order chi connectivity index (χ0) is 12.3. The number of para-hydroxylation sites is 1. The first-order valence-corrected chi connectivity index (χ1v) is 5.41. The lowest BCUT2D eigenvalue weighted by molar-refractivity contribution is -0.135. The average molecular weight is 231 g/mol. The van der Waals surface area contributed by atoms with Crippen LogP contribution in [0.3, 0.4) is 0 Å². The van der Waals surface area contributed by atoms with Crippen molar-refractivity contribution in [1.29, 1.82) is 0 Å². The van der Waals surface area contributed by atoms with Crippen LogP contribution in [0.2, 0.25) is 0 Å². The zero-order valence-electron chi connectivity index (χ0n) is 9.55. The molecule has 1 aromatic carbocycles. The summed E-state index contributed by atoms with van der Waals surface area (Å²) in [6.45, 7) is 1.93. The Labute approximate surface area is 99.5 Å². The smallest absolute Gasteiger partial charge is 0.307 e. The number of benzene rings is 1. The average Bonchev–Trinajstić information content (AvgIpc) is 2.69. The van der Waals surface area contributed by atoms with Crippen LogP contribution in [0, 0.1) is 0 Å². The number of carbonyl (C=O) groups excluding carboxylic acids is 2. The molecule has 88 valence electrons. The van der Waals surface area contributed by atoms with Crippen molar-refractivity contribution in [1.82, 2.24) is 0 Å². The van der Waals surface area contributed by atoms with Gasteiger partial charge in [-0.25, -0.2) is 0 Å². The minimum absolute atomic E-state index is 0.0996. The number of esters is 1. The first kappa shape index (κ1) is 11.4. The Morgan fingerprint density at radius 1 is 1.35 bits per heavy atom. The summed E-state index contributed by atoms with van der Waals surface area (Å²) < 4.78 is 4.73. The van der Waals surface area contributed by atoms with E-state index in [4.69, 9.17) is 4.74 Å². The van der Waals surface area contributed by atoms with Crippen molar-refractivity contribution < 1.29 is 14.3 Å². The molecule has 0 N–H and O–H groups in total. The summed E-state index contributed by atoms with van der Waals surface area (Å²) in [7, 11) is 0. The van der Waals surface area contributed by atoms with Crippen molar-refractivity contribution in [3.63, 3.8) is 0 Å². The highest BCUT2D eigenvalue weighted by atomic mass is 16.5. The second-order valence-electron chi connectivity index (χ2n) is 3.79. The molecule has 0 spiro atoms. The van der Waals surface area contributed by atoms with Crippen molar-refractivity contribution >= 4 is 17.6 Å². The Hall–Kier alpha value is -2.10. The van der Waals surface area contributed by atoms with E-state index in [0.717, 1.165) is 5.69 Å². The highest BCUT2D eigenvalue weighted by Gasteiger charge is 2.27. The first-order chi connectivity index (χ1) is 8.18.